The summed E-state index contributed by atoms with van der Waals surface area (Å²) in [5.41, 5.74) is 2.68. The van der Waals surface area contributed by atoms with Crippen molar-refractivity contribution in [2.75, 3.05) is 31.1 Å². The van der Waals surface area contributed by atoms with E-state index in [4.69, 9.17) is 0 Å². The fourth-order valence-electron chi connectivity index (χ4n) is 1.69. The van der Waals surface area contributed by atoms with E-state index in [1.807, 2.05) is 0 Å². The van der Waals surface area contributed by atoms with Crippen molar-refractivity contribution in [1.29, 1.82) is 0 Å². The molecule has 1 aliphatic rings. The lowest BCUT2D eigenvalue weighted by molar-refractivity contribution is 0.758. The Balaban J connectivity index is 2.14. The van der Waals surface area contributed by atoms with E-state index in [-0.39, 0.29) is 0 Å². The second kappa shape index (κ2) is 3.79. The van der Waals surface area contributed by atoms with Crippen LogP contribution in [-0.2, 0) is 0 Å². The summed E-state index contributed by atoms with van der Waals surface area (Å²) in [6, 6.07) is 8.68. The predicted octanol–water partition coefficient (Wildman–Crippen LogP) is 2.19. The van der Waals surface area contributed by atoms with E-state index >= 15 is 0 Å². The maximum Gasteiger partial charge on any atom is 0.0367 e. The van der Waals surface area contributed by atoms with Gasteiger partial charge in [-0.05, 0) is 37.7 Å². The number of piperazine rings is 1. The first-order valence-electron chi connectivity index (χ1n) is 4.81. The van der Waals surface area contributed by atoms with E-state index < -0.39 is 0 Å². The molecular formula is C11H15N2-. The van der Waals surface area contributed by atoms with E-state index in [2.05, 4.69) is 41.4 Å². The minimum Gasteiger partial charge on any atom is -0.659 e. The Bertz CT molecular complexity index is 277. The van der Waals surface area contributed by atoms with Gasteiger partial charge in [0, 0.05) is 5.69 Å². The molecule has 2 rings (SSSR count). The SMILES string of the molecule is Cc1cccc(N2CC[N-]CC2)c1. The van der Waals surface area contributed by atoms with Crippen molar-refractivity contribution >= 4 is 5.69 Å². The fraction of sp³-hybridized carbons (Fsp3) is 0.455. The van der Waals surface area contributed by atoms with Gasteiger partial charge in [-0.25, -0.2) is 0 Å². The normalized spacial score (nSPS) is 17.5. The van der Waals surface area contributed by atoms with Crippen LogP contribution in [-0.4, -0.2) is 26.2 Å². The van der Waals surface area contributed by atoms with Crippen molar-refractivity contribution in [1.82, 2.24) is 0 Å². The van der Waals surface area contributed by atoms with Crippen LogP contribution in [0.1, 0.15) is 5.56 Å². The Morgan fingerprint density at radius 2 is 2.00 bits per heavy atom. The number of benzene rings is 1. The molecule has 0 aliphatic carbocycles. The second-order valence-corrected chi connectivity index (χ2v) is 3.50. The maximum atomic E-state index is 4.33. The third-order valence-corrected chi connectivity index (χ3v) is 2.42. The molecule has 0 spiro atoms. The molecule has 13 heavy (non-hydrogen) atoms. The van der Waals surface area contributed by atoms with Crippen molar-refractivity contribution in [3.05, 3.63) is 35.1 Å². The fourth-order valence-corrected chi connectivity index (χ4v) is 1.69. The Morgan fingerprint density at radius 3 is 2.69 bits per heavy atom. The van der Waals surface area contributed by atoms with Crippen LogP contribution < -0.4 is 4.90 Å². The number of rotatable bonds is 1. The van der Waals surface area contributed by atoms with Crippen LogP contribution >= 0.6 is 0 Å². The molecule has 0 unspecified atom stereocenters. The van der Waals surface area contributed by atoms with Gasteiger partial charge in [-0.3, -0.25) is 0 Å². The van der Waals surface area contributed by atoms with Crippen molar-refractivity contribution < 1.29 is 0 Å². The van der Waals surface area contributed by atoms with Crippen molar-refractivity contribution in [3.8, 4) is 0 Å². The van der Waals surface area contributed by atoms with Crippen LogP contribution in [0.15, 0.2) is 24.3 Å². The number of hydrogen-bond acceptors (Lipinski definition) is 1. The zero-order valence-corrected chi connectivity index (χ0v) is 8.03. The first-order chi connectivity index (χ1) is 6.36. The van der Waals surface area contributed by atoms with Crippen molar-refractivity contribution in [2.45, 2.75) is 6.92 Å². The van der Waals surface area contributed by atoms with Gasteiger partial charge in [0.05, 0.1) is 0 Å². The largest absolute Gasteiger partial charge is 0.659 e. The standard InChI is InChI=1S/C11H15N2/c1-10-3-2-4-11(9-10)13-7-5-12-6-8-13/h2-4,9H,5-8H2,1H3/q-1. The average molecular weight is 175 g/mol. The van der Waals surface area contributed by atoms with Gasteiger partial charge < -0.3 is 10.2 Å². The van der Waals surface area contributed by atoms with Gasteiger partial charge in [-0.2, -0.15) is 0 Å². The molecule has 1 aromatic rings. The van der Waals surface area contributed by atoms with Gasteiger partial charge in [0.15, 0.2) is 0 Å². The molecule has 0 N–H and O–H groups in total. The van der Waals surface area contributed by atoms with Gasteiger partial charge in [0.2, 0.25) is 0 Å². The molecule has 0 aromatic heterocycles. The first kappa shape index (κ1) is 8.57. The number of anilines is 1. The summed E-state index contributed by atoms with van der Waals surface area (Å²) >= 11 is 0. The third kappa shape index (κ3) is 2.01. The van der Waals surface area contributed by atoms with Crippen LogP contribution in [0.3, 0.4) is 0 Å². The predicted molar refractivity (Wildman–Crippen MR) is 56.5 cm³/mol. The molecule has 0 amide bonds. The summed E-state index contributed by atoms with van der Waals surface area (Å²) in [7, 11) is 0. The molecule has 0 radical (unpaired) electrons. The Morgan fingerprint density at radius 1 is 1.23 bits per heavy atom. The highest BCUT2D eigenvalue weighted by Gasteiger charge is 2.04. The molecule has 1 aromatic carbocycles. The zero-order valence-electron chi connectivity index (χ0n) is 8.03. The molecule has 0 bridgehead atoms. The number of nitrogens with zero attached hydrogens (tertiary/aromatic N) is 2. The Labute approximate surface area is 79.6 Å². The highest BCUT2D eigenvalue weighted by Crippen LogP contribution is 2.17. The average Bonchev–Trinajstić information content (AvgIpc) is 2.19. The molecule has 2 nitrogen and oxygen atoms in total. The Kier molecular flexibility index (Phi) is 2.50. The Hall–Kier alpha value is -1.02. The van der Waals surface area contributed by atoms with E-state index in [1.54, 1.807) is 0 Å². The van der Waals surface area contributed by atoms with Gasteiger partial charge in [-0.1, -0.05) is 12.1 Å². The van der Waals surface area contributed by atoms with Crippen molar-refractivity contribution in [3.63, 3.8) is 0 Å². The van der Waals surface area contributed by atoms with Crippen molar-refractivity contribution in [2.24, 2.45) is 0 Å². The molecule has 0 atom stereocenters. The van der Waals surface area contributed by atoms with E-state index in [9.17, 15) is 0 Å². The molecule has 1 saturated heterocycles. The number of hydrogen-bond donors (Lipinski definition) is 0. The summed E-state index contributed by atoms with van der Waals surface area (Å²) in [5, 5.41) is 4.33. The zero-order chi connectivity index (χ0) is 9.10. The van der Waals surface area contributed by atoms with Crippen LogP contribution in [0.5, 0.6) is 0 Å². The summed E-state index contributed by atoms with van der Waals surface area (Å²) in [4.78, 5) is 2.40. The summed E-state index contributed by atoms with van der Waals surface area (Å²) in [5.74, 6) is 0. The van der Waals surface area contributed by atoms with E-state index in [1.165, 1.54) is 11.3 Å². The quantitative estimate of drug-likeness (QED) is 0.639. The van der Waals surface area contributed by atoms with Crippen LogP contribution in [0, 0.1) is 6.92 Å². The second-order valence-electron chi connectivity index (χ2n) is 3.50. The lowest BCUT2D eigenvalue weighted by Crippen LogP contribution is -2.33. The minimum absolute atomic E-state index is 0.980. The van der Waals surface area contributed by atoms with Crippen LogP contribution in [0.25, 0.3) is 5.32 Å². The minimum atomic E-state index is 0.980. The smallest absolute Gasteiger partial charge is 0.0367 e. The van der Waals surface area contributed by atoms with Gasteiger partial charge in [0.25, 0.3) is 0 Å². The van der Waals surface area contributed by atoms with E-state index in [0.717, 1.165) is 26.2 Å². The molecule has 1 heterocycles. The molecule has 0 saturated carbocycles. The molecule has 70 valence electrons. The number of aryl methyl sites for hydroxylation is 1. The van der Waals surface area contributed by atoms with E-state index in [0.29, 0.717) is 0 Å². The summed E-state index contributed by atoms with van der Waals surface area (Å²) < 4.78 is 0. The van der Waals surface area contributed by atoms with Gasteiger partial charge in [0.1, 0.15) is 0 Å². The summed E-state index contributed by atoms with van der Waals surface area (Å²) in [6.07, 6.45) is 0. The van der Waals surface area contributed by atoms with Crippen LogP contribution in [0.2, 0.25) is 0 Å². The topological polar surface area (TPSA) is 17.3 Å². The van der Waals surface area contributed by atoms with Gasteiger partial charge in [-0.15, -0.1) is 13.1 Å². The molecule has 1 aliphatic heterocycles. The molecule has 1 fully saturated rings. The highest BCUT2D eigenvalue weighted by atomic mass is 15.2. The highest BCUT2D eigenvalue weighted by molar-refractivity contribution is 5.49. The molecule has 2 heteroatoms. The maximum absolute atomic E-state index is 4.33. The third-order valence-electron chi connectivity index (χ3n) is 2.42. The molecular weight excluding hydrogens is 160 g/mol. The van der Waals surface area contributed by atoms with Crippen LogP contribution in [0.4, 0.5) is 5.69 Å². The summed E-state index contributed by atoms with van der Waals surface area (Å²) in [6.45, 7) is 6.24. The lowest BCUT2D eigenvalue weighted by Gasteiger charge is -2.37. The van der Waals surface area contributed by atoms with Gasteiger partial charge >= 0.3 is 0 Å². The monoisotopic (exact) mass is 175 g/mol. The lowest BCUT2D eigenvalue weighted by atomic mass is 10.2. The first-order valence-corrected chi connectivity index (χ1v) is 4.81.